The van der Waals surface area contributed by atoms with E-state index in [2.05, 4.69) is 10.9 Å². The van der Waals surface area contributed by atoms with E-state index in [1.165, 1.54) is 18.2 Å². The molecule has 0 spiro atoms. The molecule has 3 rings (SSSR count). The second kappa shape index (κ2) is 8.67. The van der Waals surface area contributed by atoms with Crippen LogP contribution < -0.4 is 10.9 Å². The minimum Gasteiger partial charge on any atom is -0.299 e. The van der Waals surface area contributed by atoms with Gasteiger partial charge in [0, 0.05) is 5.92 Å². The molecule has 3 nitrogen and oxygen atoms in total. The largest absolute Gasteiger partial charge is 0.399 e. The van der Waals surface area contributed by atoms with Gasteiger partial charge in [-0.25, -0.2) is 0 Å². The van der Waals surface area contributed by atoms with Gasteiger partial charge in [-0.05, 0) is 54.7 Å². The van der Waals surface area contributed by atoms with Crippen molar-refractivity contribution in [2.45, 2.75) is 31.9 Å². The molecule has 0 aliphatic heterocycles. The summed E-state index contributed by atoms with van der Waals surface area (Å²) in [6.07, 6.45) is -0.181. The summed E-state index contributed by atoms with van der Waals surface area (Å²) in [6, 6.07) is 9.32. The normalized spacial score (nSPS) is 15.4. The van der Waals surface area contributed by atoms with Crippen LogP contribution in [0.3, 0.4) is 0 Å². The molecule has 2 aromatic rings. The van der Waals surface area contributed by atoms with Crippen LogP contribution >= 0.6 is 23.2 Å². The fraction of sp³-hybridized carbons (Fsp3) is 0.286. The molecule has 29 heavy (non-hydrogen) atoms. The van der Waals surface area contributed by atoms with Gasteiger partial charge < -0.3 is 0 Å². The van der Waals surface area contributed by atoms with E-state index in [9.17, 15) is 18.0 Å². The Morgan fingerprint density at radius 3 is 2.38 bits per heavy atom. The number of amides is 1. The third kappa shape index (κ3) is 5.67. The highest BCUT2D eigenvalue weighted by Gasteiger charge is 2.39. The van der Waals surface area contributed by atoms with Crippen LogP contribution in [0.15, 0.2) is 42.5 Å². The Kier molecular flexibility index (Phi) is 6.44. The van der Waals surface area contributed by atoms with Gasteiger partial charge in [0.05, 0.1) is 21.7 Å². The third-order valence-electron chi connectivity index (χ3n) is 4.61. The van der Waals surface area contributed by atoms with E-state index in [-0.39, 0.29) is 27.4 Å². The molecule has 0 radical (unpaired) electrons. The summed E-state index contributed by atoms with van der Waals surface area (Å²) in [4.78, 5) is 11.6. The average Bonchev–Trinajstić information content (AvgIpc) is 3.49. The van der Waals surface area contributed by atoms with Crippen LogP contribution in [0, 0.1) is 12.8 Å². The number of allylic oxidation sites excluding steroid dienone is 1. The number of hydrogen-bond donors (Lipinski definition) is 2. The van der Waals surface area contributed by atoms with Crippen molar-refractivity contribution in [1.29, 1.82) is 0 Å². The van der Waals surface area contributed by atoms with Crippen molar-refractivity contribution in [1.82, 2.24) is 5.43 Å². The van der Waals surface area contributed by atoms with Gasteiger partial charge in [-0.15, -0.1) is 0 Å². The molecule has 0 heterocycles. The van der Waals surface area contributed by atoms with E-state index >= 15 is 0 Å². The van der Waals surface area contributed by atoms with Crippen molar-refractivity contribution >= 4 is 40.9 Å². The van der Waals surface area contributed by atoms with Crippen molar-refractivity contribution in [3.63, 3.8) is 0 Å². The number of anilines is 1. The van der Waals surface area contributed by atoms with Gasteiger partial charge in [0.25, 0.3) is 0 Å². The first kappa shape index (κ1) is 21.5. The second-order valence-electron chi connectivity index (χ2n) is 7.02. The summed E-state index contributed by atoms with van der Waals surface area (Å²) in [5.74, 6) is -1.79. The fourth-order valence-electron chi connectivity index (χ4n) is 2.81. The lowest BCUT2D eigenvalue weighted by molar-refractivity contribution is -0.139. The fourth-order valence-corrected chi connectivity index (χ4v) is 3.19. The number of hydrazine groups is 1. The highest BCUT2D eigenvalue weighted by atomic mass is 35.5. The molecule has 2 N–H and O–H groups in total. The van der Waals surface area contributed by atoms with Crippen molar-refractivity contribution in [2.24, 2.45) is 5.92 Å². The number of halogens is 5. The van der Waals surface area contributed by atoms with Gasteiger partial charge in [0.1, 0.15) is 0 Å². The first-order valence-electron chi connectivity index (χ1n) is 9.01. The van der Waals surface area contributed by atoms with Crippen LogP contribution in [0.1, 0.15) is 35.4 Å². The minimum atomic E-state index is -4.48. The van der Waals surface area contributed by atoms with Crippen LogP contribution in [0.4, 0.5) is 18.9 Å². The smallest absolute Gasteiger partial charge is 0.299 e. The SMILES string of the molecule is Cc1cc(C(/C=C/c2ccc(NNC(=O)C3CC3)cc2)C(F)(F)F)cc(Cl)c1Cl. The van der Waals surface area contributed by atoms with Crippen LogP contribution in [-0.2, 0) is 4.79 Å². The molecule has 0 aromatic heterocycles. The van der Waals surface area contributed by atoms with Gasteiger partial charge in [0.15, 0.2) is 0 Å². The lowest BCUT2D eigenvalue weighted by atomic mass is 9.95. The van der Waals surface area contributed by atoms with Gasteiger partial charge >= 0.3 is 6.18 Å². The lowest BCUT2D eigenvalue weighted by Crippen LogP contribution is -2.30. The minimum absolute atomic E-state index is 0.0294. The topological polar surface area (TPSA) is 41.1 Å². The number of alkyl halides is 3. The molecule has 1 fully saturated rings. The Bertz CT molecular complexity index is 900. The third-order valence-corrected chi connectivity index (χ3v) is 5.51. The Balaban J connectivity index is 1.73. The molecule has 1 aliphatic carbocycles. The molecule has 8 heteroatoms. The summed E-state index contributed by atoms with van der Waals surface area (Å²) in [5.41, 5.74) is 7.15. The number of nitrogens with one attached hydrogen (secondary N) is 2. The molecule has 154 valence electrons. The van der Waals surface area contributed by atoms with Gasteiger partial charge in [0.2, 0.25) is 5.91 Å². The molecule has 1 atom stereocenters. The second-order valence-corrected chi connectivity index (χ2v) is 7.81. The van der Waals surface area contributed by atoms with Crippen molar-refractivity contribution < 1.29 is 18.0 Å². The standard InChI is InChI=1S/C21H19Cl2F3N2O/c1-12-10-15(11-18(22)19(12)23)17(21(24,25)26)9-4-13-2-7-16(8-3-13)27-28-20(29)14-5-6-14/h2-4,7-11,14,17,27H,5-6H2,1H3,(H,28,29)/b9-4+. The van der Waals surface area contributed by atoms with Gasteiger partial charge in [-0.3, -0.25) is 15.6 Å². The zero-order valence-corrected chi connectivity index (χ0v) is 17.0. The van der Waals surface area contributed by atoms with E-state index < -0.39 is 12.1 Å². The molecule has 1 aliphatic rings. The summed E-state index contributed by atoms with van der Waals surface area (Å²) >= 11 is 11.9. The van der Waals surface area contributed by atoms with Crippen molar-refractivity contribution in [3.8, 4) is 0 Å². The predicted molar refractivity (Wildman–Crippen MR) is 110 cm³/mol. The van der Waals surface area contributed by atoms with E-state index in [4.69, 9.17) is 23.2 Å². The summed E-state index contributed by atoms with van der Waals surface area (Å²) in [5, 5.41) is 0.338. The van der Waals surface area contributed by atoms with E-state index in [0.29, 0.717) is 16.8 Å². The van der Waals surface area contributed by atoms with Crippen LogP contribution in [0.2, 0.25) is 10.0 Å². The number of rotatable bonds is 6. The monoisotopic (exact) mass is 442 g/mol. The molecular weight excluding hydrogens is 424 g/mol. The highest BCUT2D eigenvalue weighted by molar-refractivity contribution is 6.42. The number of aryl methyl sites for hydroxylation is 1. The predicted octanol–water partition coefficient (Wildman–Crippen LogP) is 6.51. The van der Waals surface area contributed by atoms with E-state index in [1.807, 2.05) is 0 Å². The number of carbonyl (C=O) groups is 1. The molecule has 0 saturated heterocycles. The maximum Gasteiger partial charge on any atom is 0.399 e. The first-order chi connectivity index (χ1) is 13.6. The Labute approximate surface area is 176 Å². The lowest BCUT2D eigenvalue weighted by Gasteiger charge is -2.19. The molecule has 0 bridgehead atoms. The Morgan fingerprint density at radius 1 is 1.17 bits per heavy atom. The number of benzene rings is 2. The summed E-state index contributed by atoms with van der Waals surface area (Å²) in [6.45, 7) is 1.61. The number of hydrogen-bond acceptors (Lipinski definition) is 2. The zero-order valence-electron chi connectivity index (χ0n) is 15.5. The average molecular weight is 443 g/mol. The molecular formula is C21H19Cl2F3N2O. The van der Waals surface area contributed by atoms with Crippen LogP contribution in [0.25, 0.3) is 6.08 Å². The summed E-state index contributed by atoms with van der Waals surface area (Å²) < 4.78 is 40.8. The van der Waals surface area contributed by atoms with Crippen molar-refractivity contribution in [2.75, 3.05) is 5.43 Å². The number of carbonyl (C=O) groups excluding carboxylic acids is 1. The first-order valence-corrected chi connectivity index (χ1v) is 9.77. The van der Waals surface area contributed by atoms with E-state index in [0.717, 1.165) is 18.9 Å². The molecule has 1 amide bonds. The summed E-state index contributed by atoms with van der Waals surface area (Å²) in [7, 11) is 0. The zero-order chi connectivity index (χ0) is 21.2. The molecule has 2 aromatic carbocycles. The Morgan fingerprint density at radius 2 is 1.83 bits per heavy atom. The van der Waals surface area contributed by atoms with Crippen LogP contribution in [0.5, 0.6) is 0 Å². The maximum atomic E-state index is 13.6. The Hall–Kier alpha value is -2.18. The van der Waals surface area contributed by atoms with Gasteiger partial charge in [-0.1, -0.05) is 53.6 Å². The molecule has 1 saturated carbocycles. The molecule has 1 unspecified atom stereocenters. The van der Waals surface area contributed by atoms with Crippen LogP contribution in [-0.4, -0.2) is 12.1 Å². The van der Waals surface area contributed by atoms with Crippen molar-refractivity contribution in [3.05, 3.63) is 69.2 Å². The van der Waals surface area contributed by atoms with Gasteiger partial charge in [-0.2, -0.15) is 13.2 Å². The maximum absolute atomic E-state index is 13.6. The quantitative estimate of drug-likeness (QED) is 0.500. The highest BCUT2D eigenvalue weighted by Crippen LogP contribution is 2.39. The van der Waals surface area contributed by atoms with E-state index in [1.54, 1.807) is 31.2 Å².